The van der Waals surface area contributed by atoms with Crippen molar-refractivity contribution < 1.29 is 9.90 Å². The Morgan fingerprint density at radius 3 is 1.93 bits per heavy atom. The smallest absolute Gasteiger partial charge is 0.306 e. The molecule has 0 amide bonds. The summed E-state index contributed by atoms with van der Waals surface area (Å²) in [5, 5.41) is 8.68. The van der Waals surface area contributed by atoms with E-state index in [4.69, 9.17) is 5.11 Å². The molecule has 1 unspecified atom stereocenters. The average Bonchev–Trinajstić information content (AvgIpc) is 2.21. The maximum Gasteiger partial charge on any atom is 0.306 e. The maximum absolute atomic E-state index is 10.5. The lowest BCUT2D eigenvalue weighted by Gasteiger charge is -2.05. The molecule has 0 bridgehead atoms. The Morgan fingerprint density at radius 1 is 1.00 bits per heavy atom. The second-order valence-corrected chi connectivity index (χ2v) is 4.50. The molecule has 0 aliphatic rings. The molecule has 2 heteroatoms. The Kier molecular flexibility index (Phi) is 9.65. The van der Waals surface area contributed by atoms with Crippen molar-refractivity contribution in [3.63, 3.8) is 0 Å². The first-order chi connectivity index (χ1) is 7.18. The van der Waals surface area contributed by atoms with Gasteiger partial charge in [-0.05, 0) is 6.42 Å². The van der Waals surface area contributed by atoms with E-state index in [9.17, 15) is 4.79 Å². The van der Waals surface area contributed by atoms with Crippen molar-refractivity contribution in [2.24, 2.45) is 5.92 Å². The van der Waals surface area contributed by atoms with E-state index in [0.717, 1.165) is 12.8 Å². The van der Waals surface area contributed by atoms with Gasteiger partial charge in [-0.3, -0.25) is 4.79 Å². The van der Waals surface area contributed by atoms with E-state index in [2.05, 4.69) is 6.92 Å². The van der Waals surface area contributed by atoms with Crippen LogP contribution in [0.4, 0.5) is 0 Å². The van der Waals surface area contributed by atoms with E-state index in [-0.39, 0.29) is 5.92 Å². The van der Waals surface area contributed by atoms with Gasteiger partial charge < -0.3 is 5.11 Å². The molecule has 15 heavy (non-hydrogen) atoms. The lowest BCUT2D eigenvalue weighted by atomic mass is 10.0. The van der Waals surface area contributed by atoms with Gasteiger partial charge in [0.05, 0.1) is 5.92 Å². The third-order valence-corrected chi connectivity index (χ3v) is 2.91. The van der Waals surface area contributed by atoms with Crippen LogP contribution < -0.4 is 0 Å². The molecule has 90 valence electrons. The van der Waals surface area contributed by atoms with Crippen LogP contribution in [0.5, 0.6) is 0 Å². The normalized spacial score (nSPS) is 12.7. The van der Waals surface area contributed by atoms with E-state index in [1.165, 1.54) is 44.9 Å². The molecule has 0 aromatic heterocycles. The predicted octanol–water partition coefficient (Wildman–Crippen LogP) is 4.24. The molecule has 0 fully saturated rings. The lowest BCUT2D eigenvalue weighted by Crippen LogP contribution is -2.08. The number of hydrogen-bond acceptors (Lipinski definition) is 1. The van der Waals surface area contributed by atoms with Gasteiger partial charge in [0.1, 0.15) is 0 Å². The van der Waals surface area contributed by atoms with Gasteiger partial charge in [-0.1, -0.05) is 65.2 Å². The minimum absolute atomic E-state index is 0.162. The minimum atomic E-state index is -0.655. The Hall–Kier alpha value is -0.530. The first kappa shape index (κ1) is 14.5. The fraction of sp³-hybridized carbons (Fsp3) is 0.923. The van der Waals surface area contributed by atoms with Crippen molar-refractivity contribution in [1.29, 1.82) is 0 Å². The van der Waals surface area contributed by atoms with Crippen molar-refractivity contribution in [2.75, 3.05) is 0 Å². The van der Waals surface area contributed by atoms with Crippen molar-refractivity contribution in [1.82, 2.24) is 0 Å². The largest absolute Gasteiger partial charge is 0.481 e. The zero-order valence-electron chi connectivity index (χ0n) is 10.3. The Labute approximate surface area is 94.1 Å². The summed E-state index contributed by atoms with van der Waals surface area (Å²) in [6.07, 6.45) is 11.1. The van der Waals surface area contributed by atoms with Crippen LogP contribution in [0.2, 0.25) is 0 Å². The highest BCUT2D eigenvalue weighted by atomic mass is 16.4. The molecule has 0 heterocycles. The van der Waals surface area contributed by atoms with Gasteiger partial charge in [-0.15, -0.1) is 0 Å². The highest BCUT2D eigenvalue weighted by Crippen LogP contribution is 2.12. The Balaban J connectivity index is 3.08. The van der Waals surface area contributed by atoms with E-state index in [0.29, 0.717) is 0 Å². The fourth-order valence-corrected chi connectivity index (χ4v) is 1.71. The van der Waals surface area contributed by atoms with Crippen LogP contribution in [0.3, 0.4) is 0 Å². The van der Waals surface area contributed by atoms with Crippen LogP contribution >= 0.6 is 0 Å². The molecule has 2 nitrogen and oxygen atoms in total. The zero-order chi connectivity index (χ0) is 11.5. The molecule has 1 N–H and O–H groups in total. The quantitative estimate of drug-likeness (QED) is 0.552. The number of unbranched alkanes of at least 4 members (excludes halogenated alkanes) is 7. The number of aliphatic carboxylic acids is 1. The number of carboxylic acid groups (broad SMARTS) is 1. The second kappa shape index (κ2) is 10.0. The summed E-state index contributed by atoms with van der Waals surface area (Å²) >= 11 is 0. The molecule has 1 atom stereocenters. The van der Waals surface area contributed by atoms with Crippen LogP contribution in [0, 0.1) is 5.92 Å². The molecule has 0 aliphatic heterocycles. The monoisotopic (exact) mass is 214 g/mol. The summed E-state index contributed by atoms with van der Waals surface area (Å²) in [5.41, 5.74) is 0. The first-order valence-corrected chi connectivity index (χ1v) is 6.41. The van der Waals surface area contributed by atoms with Crippen LogP contribution in [-0.2, 0) is 4.79 Å². The summed E-state index contributed by atoms with van der Waals surface area (Å²) in [6.45, 7) is 4.02. The van der Waals surface area contributed by atoms with E-state index >= 15 is 0 Å². The van der Waals surface area contributed by atoms with Gasteiger partial charge in [-0.25, -0.2) is 0 Å². The highest BCUT2D eigenvalue weighted by molar-refractivity contribution is 5.69. The van der Waals surface area contributed by atoms with Gasteiger partial charge in [0.25, 0.3) is 0 Å². The van der Waals surface area contributed by atoms with Gasteiger partial charge in [0.2, 0.25) is 0 Å². The number of carbonyl (C=O) groups is 1. The number of carboxylic acids is 1. The van der Waals surface area contributed by atoms with Crippen molar-refractivity contribution in [3.8, 4) is 0 Å². The van der Waals surface area contributed by atoms with Crippen LogP contribution in [-0.4, -0.2) is 11.1 Å². The molecule has 0 radical (unpaired) electrons. The molecule has 0 rings (SSSR count). The van der Waals surface area contributed by atoms with Crippen LogP contribution in [0.1, 0.15) is 71.6 Å². The van der Waals surface area contributed by atoms with Crippen molar-refractivity contribution >= 4 is 5.97 Å². The molecule has 0 saturated carbocycles. The summed E-state index contributed by atoms with van der Waals surface area (Å²) in [5.74, 6) is -0.817. The summed E-state index contributed by atoms with van der Waals surface area (Å²) in [6, 6.07) is 0. The molecular weight excluding hydrogens is 188 g/mol. The minimum Gasteiger partial charge on any atom is -0.481 e. The molecule has 0 spiro atoms. The molecule has 0 aromatic carbocycles. The molecular formula is C13H26O2. The third-order valence-electron chi connectivity index (χ3n) is 2.91. The predicted molar refractivity (Wildman–Crippen MR) is 64.0 cm³/mol. The number of hydrogen-bond donors (Lipinski definition) is 1. The van der Waals surface area contributed by atoms with Crippen molar-refractivity contribution in [3.05, 3.63) is 0 Å². The van der Waals surface area contributed by atoms with Gasteiger partial charge >= 0.3 is 5.97 Å². The van der Waals surface area contributed by atoms with E-state index in [1.54, 1.807) is 6.92 Å². The van der Waals surface area contributed by atoms with Gasteiger partial charge in [0.15, 0.2) is 0 Å². The Bertz CT molecular complexity index is 155. The topological polar surface area (TPSA) is 37.3 Å². The second-order valence-electron chi connectivity index (χ2n) is 4.50. The highest BCUT2D eigenvalue weighted by Gasteiger charge is 2.09. The third kappa shape index (κ3) is 9.77. The molecule has 0 aliphatic carbocycles. The first-order valence-electron chi connectivity index (χ1n) is 6.41. The number of rotatable bonds is 10. The summed E-state index contributed by atoms with van der Waals surface area (Å²) in [7, 11) is 0. The van der Waals surface area contributed by atoms with Crippen molar-refractivity contribution in [2.45, 2.75) is 71.6 Å². The SMILES string of the molecule is CCCCCCCCCCC(C)C(=O)O. The Morgan fingerprint density at radius 2 is 1.47 bits per heavy atom. The van der Waals surface area contributed by atoms with E-state index < -0.39 is 5.97 Å². The van der Waals surface area contributed by atoms with Crippen LogP contribution in [0.25, 0.3) is 0 Å². The summed E-state index contributed by atoms with van der Waals surface area (Å²) < 4.78 is 0. The van der Waals surface area contributed by atoms with Gasteiger partial charge in [0, 0.05) is 0 Å². The standard InChI is InChI=1S/C13H26O2/c1-3-4-5-6-7-8-9-10-11-12(2)13(14)15/h12H,3-11H2,1-2H3,(H,14,15). The van der Waals surface area contributed by atoms with E-state index in [1.807, 2.05) is 0 Å². The maximum atomic E-state index is 10.5. The average molecular weight is 214 g/mol. The molecule has 0 aromatic rings. The summed E-state index contributed by atoms with van der Waals surface area (Å²) in [4.78, 5) is 10.5. The zero-order valence-corrected chi connectivity index (χ0v) is 10.3. The van der Waals surface area contributed by atoms with Gasteiger partial charge in [-0.2, -0.15) is 0 Å². The molecule has 0 saturated heterocycles. The lowest BCUT2D eigenvalue weighted by molar-refractivity contribution is -0.141. The fourth-order valence-electron chi connectivity index (χ4n) is 1.71. The van der Waals surface area contributed by atoms with Crippen LogP contribution in [0.15, 0.2) is 0 Å².